The van der Waals surface area contributed by atoms with Crippen LogP contribution in [0.5, 0.6) is 6.01 Å². The molecule has 2 aliphatic heterocycles. The number of H-pyrrole nitrogens is 1. The van der Waals surface area contributed by atoms with E-state index in [1.807, 2.05) is 55.5 Å². The second kappa shape index (κ2) is 19.7. The molecule has 5 atom stereocenters. The minimum Gasteiger partial charge on any atom is -0.465 e. The Morgan fingerprint density at radius 1 is 0.922 bits per heavy atom. The van der Waals surface area contributed by atoms with Crippen molar-refractivity contribution < 1.29 is 67.4 Å². The van der Waals surface area contributed by atoms with Crippen LogP contribution in [0.4, 0.5) is 4.79 Å². The van der Waals surface area contributed by atoms with Gasteiger partial charge in [0.1, 0.15) is 24.9 Å². The average Bonchev–Trinajstić information content (AvgIpc) is 4.07. The van der Waals surface area contributed by atoms with E-state index < -0.39 is 71.2 Å². The number of aromatic nitrogens is 6. The van der Waals surface area contributed by atoms with Gasteiger partial charge in [0.05, 0.1) is 43.0 Å². The van der Waals surface area contributed by atoms with Crippen molar-refractivity contribution in [3.8, 4) is 28.5 Å². The standard InChI is InChI=1S/C40H42N8O16/c1-4-56-38-41-29-13-8-12-28(33(29)46(38)19-23-15-17-24(18-16-23)26-10-5-6-11-27(26)36-42-44-45-43-36)37(50)62-40(2,3)63-39(51)61-31-22-58-34-30(21-57-35(31)34)60-32(49)14-7-9-25(64-48(54)55)20-59-47(52)53/h5-6,8,10-13,15-18,25,30-31,34-35H,4,7,9,14,19-22H2,1-3H3,(H,42,43,44,45)/t25-,30-,31-,34+,35-/m1/s1. The summed E-state index contributed by atoms with van der Waals surface area (Å²) in [6.45, 7) is 4.23. The Labute approximate surface area is 362 Å². The molecule has 2 aromatic heterocycles. The van der Waals surface area contributed by atoms with Crippen LogP contribution in [0.25, 0.3) is 33.5 Å². The first kappa shape index (κ1) is 44.6. The summed E-state index contributed by atoms with van der Waals surface area (Å²) < 4.78 is 41.3. The number of rotatable bonds is 20. The molecular weight excluding hydrogens is 848 g/mol. The highest BCUT2D eigenvalue weighted by Gasteiger charge is 2.51. The number of carbonyl (C=O) groups is 3. The average molecular weight is 891 g/mol. The normalized spacial score (nSPS) is 18.4. The molecule has 0 saturated carbocycles. The van der Waals surface area contributed by atoms with Crippen molar-refractivity contribution >= 4 is 29.1 Å². The van der Waals surface area contributed by atoms with E-state index in [-0.39, 0.29) is 50.6 Å². The summed E-state index contributed by atoms with van der Waals surface area (Å²) >= 11 is 0. The van der Waals surface area contributed by atoms with Crippen molar-refractivity contribution in [1.29, 1.82) is 0 Å². The first-order chi connectivity index (χ1) is 30.8. The van der Waals surface area contributed by atoms with Crippen LogP contribution in [0, 0.1) is 20.2 Å². The van der Waals surface area contributed by atoms with E-state index in [1.54, 1.807) is 22.8 Å². The minimum atomic E-state index is -1.83. The van der Waals surface area contributed by atoms with Crippen LogP contribution in [0.15, 0.2) is 66.7 Å². The highest BCUT2D eigenvalue weighted by Crippen LogP contribution is 2.34. The van der Waals surface area contributed by atoms with Gasteiger partial charge in [0, 0.05) is 25.8 Å². The highest BCUT2D eigenvalue weighted by molar-refractivity contribution is 6.02. The van der Waals surface area contributed by atoms with Crippen LogP contribution in [0.1, 0.15) is 56.0 Å². The second-order valence-electron chi connectivity index (χ2n) is 14.9. The van der Waals surface area contributed by atoms with Crippen molar-refractivity contribution in [2.24, 2.45) is 0 Å². The van der Waals surface area contributed by atoms with E-state index in [9.17, 15) is 34.6 Å². The van der Waals surface area contributed by atoms with Gasteiger partial charge in [-0.05, 0) is 59.0 Å². The lowest BCUT2D eigenvalue weighted by molar-refractivity contribution is -0.790. The third kappa shape index (κ3) is 10.8. The fraction of sp³-hybridized carbons (Fsp3) is 0.425. The largest absolute Gasteiger partial charge is 0.512 e. The summed E-state index contributed by atoms with van der Waals surface area (Å²) in [5, 5.41) is 33.2. The van der Waals surface area contributed by atoms with Gasteiger partial charge in [-0.15, -0.1) is 25.3 Å². The molecule has 5 aromatic rings. The molecule has 64 heavy (non-hydrogen) atoms. The van der Waals surface area contributed by atoms with Crippen LogP contribution >= 0.6 is 0 Å². The fourth-order valence-electron chi connectivity index (χ4n) is 7.31. The zero-order chi connectivity index (χ0) is 45.4. The molecule has 24 nitrogen and oxygen atoms in total. The fourth-order valence-corrected chi connectivity index (χ4v) is 7.31. The lowest BCUT2D eigenvalue weighted by Gasteiger charge is -2.26. The quantitative estimate of drug-likeness (QED) is 0.0372. The summed E-state index contributed by atoms with van der Waals surface area (Å²) in [5.74, 6) is -2.80. The van der Waals surface area contributed by atoms with Gasteiger partial charge >= 0.3 is 18.1 Å². The molecule has 2 saturated heterocycles. The molecule has 24 heteroatoms. The number of imidazole rings is 1. The number of ether oxygens (including phenoxy) is 7. The molecule has 2 fully saturated rings. The highest BCUT2D eigenvalue weighted by atomic mass is 17.0. The molecule has 0 unspecified atom stereocenters. The van der Waals surface area contributed by atoms with Crippen molar-refractivity contribution in [3.05, 3.63) is 98.1 Å². The second-order valence-corrected chi connectivity index (χ2v) is 14.9. The third-order valence-corrected chi connectivity index (χ3v) is 10.0. The molecule has 0 amide bonds. The van der Waals surface area contributed by atoms with Crippen molar-refractivity contribution in [2.75, 3.05) is 26.4 Å². The molecular formula is C40H42N8O16. The van der Waals surface area contributed by atoms with Crippen molar-refractivity contribution in [2.45, 2.75) is 82.9 Å². The van der Waals surface area contributed by atoms with Crippen LogP contribution < -0.4 is 4.74 Å². The van der Waals surface area contributed by atoms with Gasteiger partial charge < -0.3 is 42.8 Å². The number of tetrazole rings is 1. The minimum absolute atomic E-state index is 0.0301. The first-order valence-electron chi connectivity index (χ1n) is 20.0. The number of benzene rings is 3. The van der Waals surface area contributed by atoms with E-state index in [0.717, 1.165) is 22.3 Å². The monoisotopic (exact) mass is 890 g/mol. The van der Waals surface area contributed by atoms with Gasteiger partial charge in [-0.3, -0.25) is 9.36 Å². The third-order valence-electron chi connectivity index (χ3n) is 10.0. The summed E-state index contributed by atoms with van der Waals surface area (Å²) in [4.78, 5) is 73.8. The predicted molar refractivity (Wildman–Crippen MR) is 214 cm³/mol. The SMILES string of the molecule is CCOc1nc2cccc(C(=O)OC(C)(C)OC(=O)O[C@@H]3CO[C@@H]4[C@@H]3OC[C@H]4OC(=O)CCC[C@H](CO[N+](=O)[O-])O[N+](=O)[O-])c2n1Cc1ccc(-c2ccccc2-c2nnn[nH]2)cc1. The van der Waals surface area contributed by atoms with Crippen LogP contribution in [-0.4, -0.2) is 121 Å². The number of carbonyl (C=O) groups excluding carboxylic acids is 3. The lowest BCUT2D eigenvalue weighted by Crippen LogP contribution is -2.39. The molecule has 4 heterocycles. The summed E-state index contributed by atoms with van der Waals surface area (Å²) in [5.41, 5.74) is 4.59. The van der Waals surface area contributed by atoms with E-state index in [0.29, 0.717) is 23.5 Å². The Bertz CT molecular complexity index is 2460. The summed E-state index contributed by atoms with van der Waals surface area (Å²) in [7, 11) is 0. The Kier molecular flexibility index (Phi) is 13.7. The number of esters is 2. The number of hydrogen-bond donors (Lipinski definition) is 1. The van der Waals surface area contributed by atoms with Crippen molar-refractivity contribution in [1.82, 2.24) is 30.2 Å². The van der Waals surface area contributed by atoms with Crippen LogP contribution in [-0.2, 0) is 49.4 Å². The van der Waals surface area contributed by atoms with E-state index in [2.05, 4.69) is 35.3 Å². The Morgan fingerprint density at radius 3 is 2.31 bits per heavy atom. The Balaban J connectivity index is 0.950. The molecule has 0 aliphatic carbocycles. The number of nitrogens with one attached hydrogen (secondary N) is 1. The van der Waals surface area contributed by atoms with Crippen LogP contribution in [0.2, 0.25) is 0 Å². The number of fused-ring (bicyclic) bond motifs is 2. The smallest absolute Gasteiger partial charge is 0.465 e. The molecule has 0 spiro atoms. The van der Waals surface area contributed by atoms with Gasteiger partial charge in [-0.1, -0.05) is 54.6 Å². The van der Waals surface area contributed by atoms with Gasteiger partial charge in [-0.2, -0.15) is 4.98 Å². The number of para-hydroxylation sites is 1. The number of aromatic amines is 1. The summed E-state index contributed by atoms with van der Waals surface area (Å²) in [6.07, 6.45) is -6.20. The Morgan fingerprint density at radius 2 is 1.64 bits per heavy atom. The van der Waals surface area contributed by atoms with Crippen molar-refractivity contribution in [3.63, 3.8) is 0 Å². The zero-order valence-corrected chi connectivity index (χ0v) is 34.6. The number of nitrogens with zero attached hydrogens (tertiary/aromatic N) is 7. The number of hydrogen-bond acceptors (Lipinski definition) is 20. The molecule has 1 N–H and O–H groups in total. The Hall–Kier alpha value is -7.47. The topological polar surface area (TPSA) is 293 Å². The molecule has 3 aromatic carbocycles. The molecule has 0 bridgehead atoms. The zero-order valence-electron chi connectivity index (χ0n) is 34.6. The lowest BCUT2D eigenvalue weighted by atomic mass is 9.98. The molecule has 338 valence electrons. The first-order valence-corrected chi connectivity index (χ1v) is 20.0. The van der Waals surface area contributed by atoms with Gasteiger partial charge in [-0.25, -0.2) is 14.7 Å². The molecule has 2 aliphatic rings. The predicted octanol–water partition coefficient (Wildman–Crippen LogP) is 4.41. The van der Waals surface area contributed by atoms with E-state index >= 15 is 0 Å². The molecule has 7 rings (SSSR count). The van der Waals surface area contributed by atoms with Gasteiger partial charge in [0.25, 0.3) is 22.0 Å². The van der Waals surface area contributed by atoms with Crippen LogP contribution in [0.3, 0.4) is 0 Å². The maximum atomic E-state index is 13.9. The maximum absolute atomic E-state index is 13.9. The summed E-state index contributed by atoms with van der Waals surface area (Å²) in [6, 6.07) is 20.8. The molecule has 0 radical (unpaired) electrons. The van der Waals surface area contributed by atoms with E-state index in [4.69, 9.17) is 33.2 Å². The van der Waals surface area contributed by atoms with Gasteiger partial charge in [0.2, 0.25) is 0 Å². The van der Waals surface area contributed by atoms with Gasteiger partial charge in [0.15, 0.2) is 18.0 Å². The van der Waals surface area contributed by atoms with E-state index in [1.165, 1.54) is 13.8 Å². The maximum Gasteiger partial charge on any atom is 0.512 e.